The largest absolute Gasteiger partial charge is 0.311 e. The zero-order valence-corrected chi connectivity index (χ0v) is 12.0. The zero-order valence-electron chi connectivity index (χ0n) is 11.2. The minimum atomic E-state index is -3.46. The van der Waals surface area contributed by atoms with Crippen LogP contribution in [0.1, 0.15) is 38.1 Å². The first-order valence-electron chi connectivity index (χ1n) is 6.27. The molecule has 0 aliphatic rings. The molecule has 1 rings (SSSR count). The summed E-state index contributed by atoms with van der Waals surface area (Å²) in [6, 6.07) is 0. The van der Waals surface area contributed by atoms with Crippen molar-refractivity contribution in [3.8, 4) is 0 Å². The maximum atomic E-state index is 12.1. The molecule has 0 saturated carbocycles. The van der Waals surface area contributed by atoms with Crippen LogP contribution < -0.4 is 10.0 Å². The molecule has 6 nitrogen and oxygen atoms in total. The van der Waals surface area contributed by atoms with Gasteiger partial charge in [0.2, 0.25) is 10.0 Å². The number of nitrogens with one attached hydrogen (secondary N) is 3. The van der Waals surface area contributed by atoms with Gasteiger partial charge in [0.15, 0.2) is 0 Å². The van der Waals surface area contributed by atoms with Gasteiger partial charge in [-0.1, -0.05) is 13.8 Å². The second-order valence-corrected chi connectivity index (χ2v) is 5.90. The molecular formula is C11H22N4O2S. The molecule has 1 aromatic rings. The number of aryl methyl sites for hydroxylation is 1. The molecule has 0 atom stereocenters. The summed E-state index contributed by atoms with van der Waals surface area (Å²) in [6.45, 7) is 7.44. The van der Waals surface area contributed by atoms with Gasteiger partial charge in [0.1, 0.15) is 4.90 Å². The number of rotatable bonds is 8. The third-order valence-electron chi connectivity index (χ3n) is 2.49. The molecule has 0 unspecified atom stereocenters. The molecule has 104 valence electrons. The lowest BCUT2D eigenvalue weighted by Crippen LogP contribution is -2.26. The average molecular weight is 274 g/mol. The Morgan fingerprint density at radius 3 is 2.50 bits per heavy atom. The van der Waals surface area contributed by atoms with Gasteiger partial charge < -0.3 is 5.32 Å². The average Bonchev–Trinajstić information content (AvgIpc) is 2.69. The molecular weight excluding hydrogens is 252 g/mol. The molecule has 0 fully saturated rings. The second-order valence-electron chi connectivity index (χ2n) is 4.20. The van der Waals surface area contributed by atoms with Crippen molar-refractivity contribution in [2.45, 2.75) is 45.1 Å². The van der Waals surface area contributed by atoms with Crippen LogP contribution in [0.2, 0.25) is 0 Å². The highest BCUT2D eigenvalue weighted by molar-refractivity contribution is 7.89. The highest BCUT2D eigenvalue weighted by atomic mass is 32.2. The molecule has 0 aliphatic heterocycles. The molecule has 0 radical (unpaired) electrons. The first-order valence-corrected chi connectivity index (χ1v) is 7.75. The fraction of sp³-hybridized carbons (Fsp3) is 0.727. The Kier molecular flexibility index (Phi) is 5.77. The predicted molar refractivity (Wildman–Crippen MR) is 70.8 cm³/mol. The van der Waals surface area contributed by atoms with E-state index in [1.54, 1.807) is 6.92 Å². The van der Waals surface area contributed by atoms with E-state index in [-0.39, 0.29) is 4.90 Å². The Labute approximate surface area is 109 Å². The minimum absolute atomic E-state index is 0.277. The van der Waals surface area contributed by atoms with E-state index in [9.17, 15) is 8.42 Å². The van der Waals surface area contributed by atoms with Gasteiger partial charge in [0.25, 0.3) is 0 Å². The maximum Gasteiger partial charge on any atom is 0.244 e. The van der Waals surface area contributed by atoms with Crippen LogP contribution in [-0.4, -0.2) is 31.7 Å². The third kappa shape index (κ3) is 3.79. The predicted octanol–water partition coefficient (Wildman–Crippen LogP) is 0.906. The van der Waals surface area contributed by atoms with Crippen molar-refractivity contribution in [1.82, 2.24) is 20.2 Å². The Bertz CT molecular complexity index is 467. The number of aromatic amines is 1. The van der Waals surface area contributed by atoms with Gasteiger partial charge in [-0.25, -0.2) is 13.1 Å². The first kappa shape index (κ1) is 15.1. The molecule has 0 amide bonds. The highest BCUT2D eigenvalue weighted by Crippen LogP contribution is 2.17. The second kappa shape index (κ2) is 6.86. The van der Waals surface area contributed by atoms with Crippen molar-refractivity contribution in [3.63, 3.8) is 0 Å². The van der Waals surface area contributed by atoms with Gasteiger partial charge >= 0.3 is 0 Å². The van der Waals surface area contributed by atoms with Crippen LogP contribution in [0.15, 0.2) is 4.90 Å². The van der Waals surface area contributed by atoms with Crippen molar-refractivity contribution >= 4 is 10.0 Å². The van der Waals surface area contributed by atoms with E-state index < -0.39 is 10.0 Å². The standard InChI is InChI=1S/C11H22N4O2S/c1-4-6-12-8-10-11(9(3)14-15-10)18(16,17)13-7-5-2/h12-13H,4-8H2,1-3H3,(H,14,15). The Hall–Kier alpha value is -0.920. The maximum absolute atomic E-state index is 12.1. The number of nitrogens with zero attached hydrogens (tertiary/aromatic N) is 1. The summed E-state index contributed by atoms with van der Waals surface area (Å²) in [5.74, 6) is 0. The van der Waals surface area contributed by atoms with Crippen LogP contribution in [0, 0.1) is 6.92 Å². The molecule has 0 spiro atoms. The third-order valence-corrected chi connectivity index (χ3v) is 4.15. The van der Waals surface area contributed by atoms with E-state index in [2.05, 4.69) is 27.2 Å². The van der Waals surface area contributed by atoms with Crippen molar-refractivity contribution in [2.75, 3.05) is 13.1 Å². The molecule has 1 heterocycles. The normalized spacial score (nSPS) is 11.9. The lowest BCUT2D eigenvalue weighted by atomic mass is 10.3. The summed E-state index contributed by atoms with van der Waals surface area (Å²) in [5, 5.41) is 9.95. The van der Waals surface area contributed by atoms with Gasteiger partial charge in [-0.15, -0.1) is 0 Å². The highest BCUT2D eigenvalue weighted by Gasteiger charge is 2.23. The number of aromatic nitrogens is 2. The van der Waals surface area contributed by atoms with E-state index in [1.165, 1.54) is 0 Å². The molecule has 7 heteroatoms. The molecule has 0 aliphatic carbocycles. The van der Waals surface area contributed by atoms with Crippen molar-refractivity contribution in [3.05, 3.63) is 11.4 Å². The number of H-pyrrole nitrogens is 1. The fourth-order valence-electron chi connectivity index (χ4n) is 1.64. The summed E-state index contributed by atoms with van der Waals surface area (Å²) >= 11 is 0. The molecule has 3 N–H and O–H groups in total. The van der Waals surface area contributed by atoms with E-state index >= 15 is 0 Å². The van der Waals surface area contributed by atoms with Crippen LogP contribution in [-0.2, 0) is 16.6 Å². The van der Waals surface area contributed by atoms with E-state index in [4.69, 9.17) is 0 Å². The minimum Gasteiger partial charge on any atom is -0.311 e. The monoisotopic (exact) mass is 274 g/mol. The van der Waals surface area contributed by atoms with Gasteiger partial charge in [0, 0.05) is 13.1 Å². The van der Waals surface area contributed by atoms with Gasteiger partial charge in [-0.05, 0) is 26.3 Å². The molecule has 18 heavy (non-hydrogen) atoms. The van der Waals surface area contributed by atoms with Crippen LogP contribution >= 0.6 is 0 Å². The molecule has 1 aromatic heterocycles. The Balaban J connectivity index is 2.89. The summed E-state index contributed by atoms with van der Waals surface area (Å²) < 4.78 is 26.8. The van der Waals surface area contributed by atoms with Crippen molar-refractivity contribution in [1.29, 1.82) is 0 Å². The smallest absolute Gasteiger partial charge is 0.244 e. The number of hydrogen-bond acceptors (Lipinski definition) is 4. The first-order chi connectivity index (χ1) is 8.53. The van der Waals surface area contributed by atoms with Crippen LogP contribution in [0.3, 0.4) is 0 Å². The Morgan fingerprint density at radius 2 is 1.89 bits per heavy atom. The quantitative estimate of drug-likeness (QED) is 0.615. The number of hydrogen-bond donors (Lipinski definition) is 3. The Morgan fingerprint density at radius 1 is 1.22 bits per heavy atom. The van der Waals surface area contributed by atoms with Crippen molar-refractivity contribution < 1.29 is 8.42 Å². The lowest BCUT2D eigenvalue weighted by Gasteiger charge is -2.07. The molecule has 0 aromatic carbocycles. The van der Waals surface area contributed by atoms with Gasteiger partial charge in [0.05, 0.1) is 11.4 Å². The molecule has 0 bridgehead atoms. The van der Waals surface area contributed by atoms with Crippen LogP contribution in [0.4, 0.5) is 0 Å². The topological polar surface area (TPSA) is 86.9 Å². The summed E-state index contributed by atoms with van der Waals surface area (Å²) in [6.07, 6.45) is 1.76. The van der Waals surface area contributed by atoms with Crippen LogP contribution in [0.5, 0.6) is 0 Å². The van der Waals surface area contributed by atoms with E-state index in [0.29, 0.717) is 24.5 Å². The van der Waals surface area contributed by atoms with Crippen LogP contribution in [0.25, 0.3) is 0 Å². The summed E-state index contributed by atoms with van der Waals surface area (Å²) in [5.41, 5.74) is 1.12. The van der Waals surface area contributed by atoms with Crippen molar-refractivity contribution in [2.24, 2.45) is 0 Å². The van der Waals surface area contributed by atoms with Gasteiger partial charge in [-0.3, -0.25) is 5.10 Å². The van der Waals surface area contributed by atoms with E-state index in [1.807, 2.05) is 6.92 Å². The SMILES string of the molecule is CCCNCc1n[nH]c(C)c1S(=O)(=O)NCCC. The zero-order chi connectivity index (χ0) is 13.6. The fourth-order valence-corrected chi connectivity index (χ4v) is 3.13. The molecule has 0 saturated heterocycles. The van der Waals surface area contributed by atoms with Gasteiger partial charge in [-0.2, -0.15) is 5.10 Å². The summed E-state index contributed by atoms with van der Waals surface area (Å²) in [4.78, 5) is 0.277. The summed E-state index contributed by atoms with van der Waals surface area (Å²) in [7, 11) is -3.46. The number of sulfonamides is 1. The van der Waals surface area contributed by atoms with E-state index in [0.717, 1.165) is 19.4 Å². The lowest BCUT2D eigenvalue weighted by molar-refractivity contribution is 0.576.